The fourth-order valence-electron chi connectivity index (χ4n) is 1.40. The first-order valence-corrected chi connectivity index (χ1v) is 5.05. The number of nitrogens with zero attached hydrogens (tertiary/aromatic N) is 3. The molecule has 1 aromatic heterocycles. The smallest absolute Gasteiger partial charge is 0.258 e. The maximum atomic E-state index is 13.6. The average Bonchev–Trinajstić information content (AvgIpc) is 2.88. The Morgan fingerprint density at radius 2 is 2.39 bits per heavy atom. The predicted molar refractivity (Wildman–Crippen MR) is 58.3 cm³/mol. The molecule has 0 unspecified atom stereocenters. The van der Waals surface area contributed by atoms with E-state index in [9.17, 15) is 9.18 Å². The summed E-state index contributed by atoms with van der Waals surface area (Å²) >= 11 is 0. The number of aromatic nitrogens is 4. The van der Waals surface area contributed by atoms with E-state index < -0.39 is 11.7 Å². The first-order chi connectivity index (χ1) is 8.72. The summed E-state index contributed by atoms with van der Waals surface area (Å²) in [6, 6.07) is 4.16. The molecular formula is C10H10FN5O2. The standard InChI is InChI=1S/C10H10FN5O2/c1-18-7-4-2-3-6(11)9(7)10(17)12-5-8-13-15-16-14-8/h2-4H,5H2,1H3,(H,12,17)(H,13,14,15,16). The van der Waals surface area contributed by atoms with Crippen LogP contribution in [-0.2, 0) is 6.54 Å². The molecule has 94 valence electrons. The van der Waals surface area contributed by atoms with Crippen molar-refractivity contribution in [3.05, 3.63) is 35.4 Å². The van der Waals surface area contributed by atoms with E-state index in [-0.39, 0.29) is 17.9 Å². The summed E-state index contributed by atoms with van der Waals surface area (Å²) < 4.78 is 18.5. The number of aromatic amines is 1. The van der Waals surface area contributed by atoms with Crippen molar-refractivity contribution in [2.45, 2.75) is 6.54 Å². The van der Waals surface area contributed by atoms with Gasteiger partial charge in [0.25, 0.3) is 5.91 Å². The minimum atomic E-state index is -0.653. The van der Waals surface area contributed by atoms with Crippen LogP contribution in [-0.4, -0.2) is 33.6 Å². The van der Waals surface area contributed by atoms with Crippen molar-refractivity contribution in [3.63, 3.8) is 0 Å². The van der Waals surface area contributed by atoms with Crippen LogP contribution in [0.3, 0.4) is 0 Å². The molecule has 0 atom stereocenters. The third kappa shape index (κ3) is 2.42. The van der Waals surface area contributed by atoms with Crippen molar-refractivity contribution in [1.29, 1.82) is 0 Å². The molecule has 0 radical (unpaired) electrons. The highest BCUT2D eigenvalue weighted by molar-refractivity contribution is 5.97. The number of H-pyrrole nitrogens is 1. The van der Waals surface area contributed by atoms with Gasteiger partial charge < -0.3 is 10.1 Å². The van der Waals surface area contributed by atoms with Gasteiger partial charge in [0.2, 0.25) is 0 Å². The van der Waals surface area contributed by atoms with Gasteiger partial charge in [0.15, 0.2) is 5.82 Å². The molecule has 2 N–H and O–H groups in total. The lowest BCUT2D eigenvalue weighted by atomic mass is 10.1. The lowest BCUT2D eigenvalue weighted by Gasteiger charge is -2.08. The SMILES string of the molecule is COc1cccc(F)c1C(=O)NCc1nn[nH]n1. The van der Waals surface area contributed by atoms with Gasteiger partial charge in [0, 0.05) is 0 Å². The fraction of sp³-hybridized carbons (Fsp3) is 0.200. The van der Waals surface area contributed by atoms with E-state index in [1.807, 2.05) is 0 Å². The molecule has 18 heavy (non-hydrogen) atoms. The number of rotatable bonds is 4. The number of nitrogens with one attached hydrogen (secondary N) is 2. The first-order valence-electron chi connectivity index (χ1n) is 5.05. The molecule has 7 nitrogen and oxygen atoms in total. The number of hydrogen-bond acceptors (Lipinski definition) is 5. The minimum absolute atomic E-state index is 0.0484. The number of carbonyl (C=O) groups excluding carboxylic acids is 1. The molecule has 0 aliphatic carbocycles. The molecule has 1 heterocycles. The van der Waals surface area contributed by atoms with Gasteiger partial charge in [-0.3, -0.25) is 4.79 Å². The van der Waals surface area contributed by atoms with Gasteiger partial charge in [-0.15, -0.1) is 10.2 Å². The normalized spacial score (nSPS) is 10.1. The maximum absolute atomic E-state index is 13.6. The number of carbonyl (C=O) groups is 1. The maximum Gasteiger partial charge on any atom is 0.258 e. The van der Waals surface area contributed by atoms with Crippen molar-refractivity contribution in [2.24, 2.45) is 0 Å². The van der Waals surface area contributed by atoms with Gasteiger partial charge in [0.05, 0.1) is 13.7 Å². The lowest BCUT2D eigenvalue weighted by molar-refractivity contribution is 0.0942. The fourth-order valence-corrected chi connectivity index (χ4v) is 1.40. The quantitative estimate of drug-likeness (QED) is 0.814. The summed E-state index contributed by atoms with van der Waals surface area (Å²) in [5.74, 6) is -0.783. The van der Waals surface area contributed by atoms with Gasteiger partial charge in [-0.1, -0.05) is 11.3 Å². The van der Waals surface area contributed by atoms with E-state index in [4.69, 9.17) is 4.74 Å². The number of tetrazole rings is 1. The van der Waals surface area contributed by atoms with Crippen LogP contribution in [0.4, 0.5) is 4.39 Å². The molecule has 0 saturated carbocycles. The van der Waals surface area contributed by atoms with Crippen LogP contribution in [0.1, 0.15) is 16.2 Å². The number of hydrogen-bond donors (Lipinski definition) is 2. The molecule has 0 aliphatic heterocycles. The van der Waals surface area contributed by atoms with E-state index in [1.54, 1.807) is 0 Å². The molecule has 1 amide bonds. The molecule has 0 fully saturated rings. The van der Waals surface area contributed by atoms with Crippen molar-refractivity contribution in [2.75, 3.05) is 7.11 Å². The van der Waals surface area contributed by atoms with Crippen molar-refractivity contribution in [1.82, 2.24) is 25.9 Å². The van der Waals surface area contributed by atoms with Crippen LogP contribution in [0.5, 0.6) is 5.75 Å². The molecule has 0 aliphatic rings. The van der Waals surface area contributed by atoms with E-state index >= 15 is 0 Å². The Morgan fingerprint density at radius 1 is 1.56 bits per heavy atom. The number of amides is 1. The lowest BCUT2D eigenvalue weighted by Crippen LogP contribution is -2.25. The zero-order valence-corrected chi connectivity index (χ0v) is 9.48. The monoisotopic (exact) mass is 251 g/mol. The highest BCUT2D eigenvalue weighted by atomic mass is 19.1. The Kier molecular flexibility index (Phi) is 3.46. The molecule has 2 aromatic rings. The summed E-state index contributed by atoms with van der Waals surface area (Å²) in [5, 5.41) is 15.4. The van der Waals surface area contributed by atoms with Gasteiger partial charge in [0.1, 0.15) is 17.1 Å². The van der Waals surface area contributed by atoms with Crippen LogP contribution in [0, 0.1) is 5.82 Å². The predicted octanol–water partition coefficient (Wildman–Crippen LogP) is 0.277. The number of methoxy groups -OCH3 is 1. The number of benzene rings is 1. The zero-order chi connectivity index (χ0) is 13.0. The first kappa shape index (κ1) is 12.0. The Hall–Kier alpha value is -2.51. The van der Waals surface area contributed by atoms with Crippen molar-refractivity contribution >= 4 is 5.91 Å². The minimum Gasteiger partial charge on any atom is -0.496 e. The van der Waals surface area contributed by atoms with Crippen molar-refractivity contribution in [3.8, 4) is 5.75 Å². The van der Waals surface area contributed by atoms with Crippen LogP contribution >= 0.6 is 0 Å². The summed E-state index contributed by atoms with van der Waals surface area (Å²) in [7, 11) is 1.37. The van der Waals surface area contributed by atoms with E-state index in [1.165, 1.54) is 25.3 Å². The highest BCUT2D eigenvalue weighted by Gasteiger charge is 2.17. The zero-order valence-electron chi connectivity index (χ0n) is 9.48. The number of ether oxygens (including phenoxy) is 1. The Labute approximate surface area is 101 Å². The molecule has 0 spiro atoms. The van der Waals surface area contributed by atoms with E-state index in [0.29, 0.717) is 5.82 Å². The third-order valence-electron chi connectivity index (χ3n) is 2.22. The Bertz CT molecular complexity index is 543. The molecule has 8 heteroatoms. The molecular weight excluding hydrogens is 241 g/mol. The van der Waals surface area contributed by atoms with Gasteiger partial charge in [-0.2, -0.15) is 5.21 Å². The summed E-state index contributed by atoms with van der Waals surface area (Å²) in [4.78, 5) is 11.8. The summed E-state index contributed by atoms with van der Waals surface area (Å²) in [6.07, 6.45) is 0. The molecule has 1 aromatic carbocycles. The third-order valence-corrected chi connectivity index (χ3v) is 2.22. The molecule has 0 bridgehead atoms. The summed E-state index contributed by atoms with van der Waals surface area (Å²) in [5.41, 5.74) is -0.150. The molecule has 0 saturated heterocycles. The second kappa shape index (κ2) is 5.21. The van der Waals surface area contributed by atoms with Gasteiger partial charge in [-0.25, -0.2) is 4.39 Å². The van der Waals surface area contributed by atoms with Crippen LogP contribution in [0.25, 0.3) is 0 Å². The van der Waals surface area contributed by atoms with Gasteiger partial charge >= 0.3 is 0 Å². The second-order valence-corrected chi connectivity index (χ2v) is 3.33. The van der Waals surface area contributed by atoms with Gasteiger partial charge in [-0.05, 0) is 12.1 Å². The Morgan fingerprint density at radius 3 is 3.06 bits per heavy atom. The van der Waals surface area contributed by atoms with Crippen molar-refractivity contribution < 1.29 is 13.9 Å². The van der Waals surface area contributed by atoms with Crippen LogP contribution < -0.4 is 10.1 Å². The topological polar surface area (TPSA) is 92.8 Å². The number of halogens is 1. The average molecular weight is 251 g/mol. The van der Waals surface area contributed by atoms with E-state index in [0.717, 1.165) is 0 Å². The second-order valence-electron chi connectivity index (χ2n) is 3.33. The Balaban J connectivity index is 2.13. The summed E-state index contributed by atoms with van der Waals surface area (Å²) in [6.45, 7) is 0.0484. The van der Waals surface area contributed by atoms with E-state index in [2.05, 4.69) is 25.9 Å². The molecule has 2 rings (SSSR count). The highest BCUT2D eigenvalue weighted by Crippen LogP contribution is 2.20. The van der Waals surface area contributed by atoms with Crippen LogP contribution in [0.2, 0.25) is 0 Å². The largest absolute Gasteiger partial charge is 0.496 e. The van der Waals surface area contributed by atoms with Crippen LogP contribution in [0.15, 0.2) is 18.2 Å².